The van der Waals surface area contributed by atoms with Gasteiger partial charge >= 0.3 is 5.97 Å². The van der Waals surface area contributed by atoms with Crippen molar-refractivity contribution in [1.82, 2.24) is 15.1 Å². The lowest BCUT2D eigenvalue weighted by atomic mass is 10.3. The molecule has 1 aromatic heterocycles. The average Bonchev–Trinajstić information content (AvgIpc) is 2.61. The first-order valence-electron chi connectivity index (χ1n) is 6.17. The van der Waals surface area contributed by atoms with E-state index in [1.165, 1.54) is 4.68 Å². The Bertz CT molecular complexity index is 468. The Morgan fingerprint density at radius 3 is 2.63 bits per heavy atom. The van der Waals surface area contributed by atoms with Crippen LogP contribution >= 0.6 is 0 Å². The van der Waals surface area contributed by atoms with Crippen LogP contribution in [0.25, 0.3) is 0 Å². The summed E-state index contributed by atoms with van der Waals surface area (Å²) in [6.07, 6.45) is 0.838. The zero-order valence-electron chi connectivity index (χ0n) is 11.5. The highest BCUT2D eigenvalue weighted by Crippen LogP contribution is 2.14. The molecular weight excluding hydrogens is 248 g/mol. The van der Waals surface area contributed by atoms with Gasteiger partial charge in [-0.2, -0.15) is 5.10 Å². The van der Waals surface area contributed by atoms with Gasteiger partial charge in [-0.15, -0.1) is 0 Å². The Hall–Kier alpha value is -2.05. The van der Waals surface area contributed by atoms with E-state index in [4.69, 9.17) is 10.5 Å². The predicted molar refractivity (Wildman–Crippen MR) is 70.4 cm³/mol. The molecule has 1 amide bonds. The monoisotopic (exact) mass is 268 g/mol. The fourth-order valence-corrected chi connectivity index (χ4v) is 1.49. The molecule has 0 aromatic carbocycles. The van der Waals surface area contributed by atoms with Crippen molar-refractivity contribution in [2.24, 2.45) is 0 Å². The van der Waals surface area contributed by atoms with E-state index >= 15 is 0 Å². The van der Waals surface area contributed by atoms with Crippen LogP contribution in [0, 0.1) is 13.8 Å². The number of rotatable bonds is 6. The van der Waals surface area contributed by atoms with Crippen LogP contribution in [0.15, 0.2) is 0 Å². The fourth-order valence-electron chi connectivity index (χ4n) is 1.49. The van der Waals surface area contributed by atoms with E-state index in [0.29, 0.717) is 23.6 Å². The average molecular weight is 268 g/mol. The number of carbonyl (C=O) groups is 2. The summed E-state index contributed by atoms with van der Waals surface area (Å²) in [4.78, 5) is 22.8. The van der Waals surface area contributed by atoms with Crippen LogP contribution in [0.2, 0.25) is 0 Å². The Labute approximate surface area is 112 Å². The summed E-state index contributed by atoms with van der Waals surface area (Å²) in [6.45, 7) is 5.74. The highest BCUT2D eigenvalue weighted by Gasteiger charge is 2.13. The van der Waals surface area contributed by atoms with Crippen molar-refractivity contribution in [2.45, 2.75) is 33.7 Å². The minimum atomic E-state index is -0.516. The van der Waals surface area contributed by atoms with Crippen molar-refractivity contribution in [3.63, 3.8) is 0 Å². The molecule has 1 heterocycles. The Morgan fingerprint density at radius 1 is 1.42 bits per heavy atom. The minimum Gasteiger partial charge on any atom is -0.454 e. The smallest absolute Gasteiger partial charge is 0.328 e. The third kappa shape index (κ3) is 4.27. The number of anilines is 1. The minimum absolute atomic E-state index is 0.0507. The van der Waals surface area contributed by atoms with E-state index < -0.39 is 5.97 Å². The summed E-state index contributed by atoms with van der Waals surface area (Å²) >= 11 is 0. The molecule has 0 aliphatic heterocycles. The number of nitrogens with one attached hydrogen (secondary N) is 1. The first kappa shape index (κ1) is 15.0. The second-order valence-corrected chi connectivity index (χ2v) is 4.25. The van der Waals surface area contributed by atoms with E-state index in [1.807, 2.05) is 6.92 Å². The molecular formula is C12H20N4O3. The SMILES string of the molecule is CCCNC(=O)COC(=O)Cn1nc(C)c(N)c1C. The Balaban J connectivity index is 2.43. The second-order valence-electron chi connectivity index (χ2n) is 4.25. The van der Waals surface area contributed by atoms with Gasteiger partial charge in [0.2, 0.25) is 0 Å². The van der Waals surface area contributed by atoms with Crippen molar-refractivity contribution in [1.29, 1.82) is 0 Å². The number of nitrogens with zero attached hydrogens (tertiary/aromatic N) is 2. The molecule has 7 heteroatoms. The number of hydrogen-bond acceptors (Lipinski definition) is 5. The fraction of sp³-hybridized carbons (Fsp3) is 0.583. The van der Waals surface area contributed by atoms with Gasteiger partial charge in [0.15, 0.2) is 6.61 Å². The summed E-state index contributed by atoms with van der Waals surface area (Å²) in [7, 11) is 0. The van der Waals surface area contributed by atoms with Crippen LogP contribution in [-0.2, 0) is 20.9 Å². The van der Waals surface area contributed by atoms with Crippen molar-refractivity contribution < 1.29 is 14.3 Å². The number of aryl methyl sites for hydroxylation is 1. The molecule has 0 unspecified atom stereocenters. The Morgan fingerprint density at radius 2 is 2.11 bits per heavy atom. The van der Waals surface area contributed by atoms with Crippen molar-refractivity contribution in [3.05, 3.63) is 11.4 Å². The van der Waals surface area contributed by atoms with Gasteiger partial charge in [-0.05, 0) is 20.3 Å². The van der Waals surface area contributed by atoms with Gasteiger partial charge < -0.3 is 15.8 Å². The third-order valence-electron chi connectivity index (χ3n) is 2.65. The molecule has 1 rings (SSSR count). The normalized spacial score (nSPS) is 10.3. The van der Waals surface area contributed by atoms with E-state index in [0.717, 1.165) is 6.42 Å². The highest BCUT2D eigenvalue weighted by atomic mass is 16.5. The largest absolute Gasteiger partial charge is 0.454 e. The summed E-state index contributed by atoms with van der Waals surface area (Å²) in [5.41, 5.74) is 7.70. The molecule has 0 radical (unpaired) electrons. The number of carbonyl (C=O) groups excluding carboxylic acids is 2. The standard InChI is InChI=1S/C12H20N4O3/c1-4-5-14-10(17)7-19-11(18)6-16-9(3)12(13)8(2)15-16/h4-7,13H2,1-3H3,(H,14,17). The molecule has 0 aliphatic carbocycles. The zero-order chi connectivity index (χ0) is 14.4. The van der Waals surface area contributed by atoms with Crippen LogP contribution in [0.5, 0.6) is 0 Å². The van der Waals surface area contributed by atoms with Gasteiger partial charge in [0.25, 0.3) is 5.91 Å². The molecule has 1 aromatic rings. The van der Waals surface area contributed by atoms with Crippen LogP contribution in [0.4, 0.5) is 5.69 Å². The molecule has 19 heavy (non-hydrogen) atoms. The second kappa shape index (κ2) is 6.77. The number of amides is 1. The molecule has 0 saturated carbocycles. The molecule has 0 spiro atoms. The number of esters is 1. The molecule has 0 atom stereocenters. The molecule has 0 bridgehead atoms. The summed E-state index contributed by atoms with van der Waals surface area (Å²) < 4.78 is 6.33. The zero-order valence-corrected chi connectivity index (χ0v) is 11.5. The number of hydrogen-bond donors (Lipinski definition) is 2. The van der Waals surface area contributed by atoms with E-state index in [1.54, 1.807) is 13.8 Å². The first-order valence-corrected chi connectivity index (χ1v) is 6.17. The van der Waals surface area contributed by atoms with Crippen LogP contribution in [0.3, 0.4) is 0 Å². The van der Waals surface area contributed by atoms with Gasteiger partial charge in [0.05, 0.1) is 17.1 Å². The number of aromatic nitrogens is 2. The maximum atomic E-state index is 11.6. The Kier molecular flexibility index (Phi) is 5.35. The lowest BCUT2D eigenvalue weighted by molar-refractivity contribution is -0.149. The predicted octanol–water partition coefficient (Wildman–Crippen LogP) is 0.152. The first-order chi connectivity index (χ1) is 8.95. The van der Waals surface area contributed by atoms with Gasteiger partial charge in [-0.1, -0.05) is 6.92 Å². The van der Waals surface area contributed by atoms with Crippen LogP contribution in [-0.4, -0.2) is 34.8 Å². The molecule has 106 valence electrons. The van der Waals surface area contributed by atoms with Crippen LogP contribution in [0.1, 0.15) is 24.7 Å². The number of nitrogen functional groups attached to an aromatic ring is 1. The van der Waals surface area contributed by atoms with Gasteiger partial charge in [0.1, 0.15) is 6.54 Å². The van der Waals surface area contributed by atoms with E-state index in [2.05, 4.69) is 10.4 Å². The van der Waals surface area contributed by atoms with E-state index in [-0.39, 0.29) is 19.1 Å². The molecule has 3 N–H and O–H groups in total. The quantitative estimate of drug-likeness (QED) is 0.715. The molecule has 7 nitrogen and oxygen atoms in total. The number of nitrogens with two attached hydrogens (primary N) is 1. The van der Waals surface area contributed by atoms with Crippen molar-refractivity contribution in [2.75, 3.05) is 18.9 Å². The van der Waals surface area contributed by atoms with Crippen molar-refractivity contribution >= 4 is 17.6 Å². The van der Waals surface area contributed by atoms with Crippen molar-refractivity contribution in [3.8, 4) is 0 Å². The third-order valence-corrected chi connectivity index (χ3v) is 2.65. The lowest BCUT2D eigenvalue weighted by Crippen LogP contribution is -2.30. The highest BCUT2D eigenvalue weighted by molar-refractivity contribution is 5.80. The molecule has 0 saturated heterocycles. The van der Waals surface area contributed by atoms with Gasteiger partial charge in [0, 0.05) is 6.54 Å². The van der Waals surface area contributed by atoms with Gasteiger partial charge in [-0.25, -0.2) is 0 Å². The summed E-state index contributed by atoms with van der Waals surface area (Å²) in [5.74, 6) is -0.819. The molecule has 0 aliphatic rings. The van der Waals surface area contributed by atoms with Gasteiger partial charge in [-0.3, -0.25) is 14.3 Å². The maximum absolute atomic E-state index is 11.6. The summed E-state index contributed by atoms with van der Waals surface area (Å²) in [6, 6.07) is 0. The lowest BCUT2D eigenvalue weighted by Gasteiger charge is -2.06. The summed E-state index contributed by atoms with van der Waals surface area (Å²) in [5, 5.41) is 6.73. The topological polar surface area (TPSA) is 99.2 Å². The molecule has 0 fully saturated rings. The number of ether oxygens (including phenoxy) is 1. The van der Waals surface area contributed by atoms with Crippen LogP contribution < -0.4 is 11.1 Å². The van der Waals surface area contributed by atoms with E-state index in [9.17, 15) is 9.59 Å². The maximum Gasteiger partial charge on any atom is 0.328 e.